The first kappa shape index (κ1) is 17.2. The van der Waals surface area contributed by atoms with Crippen molar-refractivity contribution in [2.24, 2.45) is 5.73 Å². The highest BCUT2D eigenvalue weighted by molar-refractivity contribution is 5.84. The van der Waals surface area contributed by atoms with Gasteiger partial charge in [0.1, 0.15) is 0 Å². The number of carbonyl (C=O) groups excluding carboxylic acids is 2. The van der Waals surface area contributed by atoms with E-state index < -0.39 is 5.91 Å². The molecule has 22 heavy (non-hydrogen) atoms. The highest BCUT2D eigenvalue weighted by atomic mass is 16.5. The molecular weight excluding hydrogens is 286 g/mol. The number of likely N-dealkylation sites (N-methyl/N-ethyl adjacent to an activating group) is 1. The number of rotatable bonds is 6. The molecule has 0 saturated carbocycles. The summed E-state index contributed by atoms with van der Waals surface area (Å²) in [6.45, 7) is 3.34. The smallest absolute Gasteiger partial charge is 0.237 e. The SMILES string of the molecule is CN1CCO[C@H](CN(CC(N)=O)C(=O)C[C@H]2CCCCO2)C1. The number of primary amides is 1. The molecule has 0 bridgehead atoms. The molecule has 0 spiro atoms. The zero-order valence-electron chi connectivity index (χ0n) is 13.3. The Morgan fingerprint density at radius 3 is 2.64 bits per heavy atom. The Labute approximate surface area is 131 Å². The number of nitrogens with two attached hydrogens (primary N) is 1. The van der Waals surface area contributed by atoms with Gasteiger partial charge in [0.05, 0.1) is 31.8 Å². The van der Waals surface area contributed by atoms with Crippen LogP contribution in [0, 0.1) is 0 Å². The van der Waals surface area contributed by atoms with Gasteiger partial charge in [0, 0.05) is 26.2 Å². The van der Waals surface area contributed by atoms with Crippen molar-refractivity contribution in [3.05, 3.63) is 0 Å². The van der Waals surface area contributed by atoms with Gasteiger partial charge < -0.3 is 25.0 Å². The van der Waals surface area contributed by atoms with Crippen molar-refractivity contribution < 1.29 is 19.1 Å². The molecule has 2 saturated heterocycles. The maximum atomic E-state index is 12.5. The molecule has 0 radical (unpaired) electrons. The van der Waals surface area contributed by atoms with E-state index >= 15 is 0 Å². The minimum Gasteiger partial charge on any atom is -0.378 e. The van der Waals surface area contributed by atoms with Crippen LogP contribution in [0.1, 0.15) is 25.7 Å². The second-order valence-electron chi connectivity index (χ2n) is 6.19. The Kier molecular flexibility index (Phi) is 6.60. The van der Waals surface area contributed by atoms with Crippen molar-refractivity contribution in [2.75, 3.05) is 46.4 Å². The summed E-state index contributed by atoms with van der Waals surface area (Å²) in [5.41, 5.74) is 5.28. The van der Waals surface area contributed by atoms with Crippen LogP contribution >= 0.6 is 0 Å². The molecule has 2 aliphatic heterocycles. The molecule has 2 aliphatic rings. The average Bonchev–Trinajstić information content (AvgIpc) is 2.47. The number of carbonyl (C=O) groups is 2. The molecule has 0 unspecified atom stereocenters. The first-order chi connectivity index (χ1) is 10.5. The third-order valence-electron chi connectivity index (χ3n) is 4.14. The molecular formula is C15H27N3O4. The van der Waals surface area contributed by atoms with Crippen LogP contribution in [0.4, 0.5) is 0 Å². The number of hydrogen-bond acceptors (Lipinski definition) is 5. The van der Waals surface area contributed by atoms with Crippen LogP contribution in [0.3, 0.4) is 0 Å². The lowest BCUT2D eigenvalue weighted by Crippen LogP contribution is -2.50. The predicted octanol–water partition coefficient (Wildman–Crippen LogP) is -0.410. The summed E-state index contributed by atoms with van der Waals surface area (Å²) in [5, 5.41) is 0. The third-order valence-corrected chi connectivity index (χ3v) is 4.14. The molecule has 7 heteroatoms. The summed E-state index contributed by atoms with van der Waals surface area (Å²) < 4.78 is 11.3. The number of morpholine rings is 1. The van der Waals surface area contributed by atoms with Gasteiger partial charge in [0.25, 0.3) is 0 Å². The van der Waals surface area contributed by atoms with Gasteiger partial charge >= 0.3 is 0 Å². The van der Waals surface area contributed by atoms with Crippen LogP contribution in [-0.2, 0) is 19.1 Å². The van der Waals surface area contributed by atoms with E-state index in [4.69, 9.17) is 15.2 Å². The molecule has 2 heterocycles. The van der Waals surface area contributed by atoms with Crippen molar-refractivity contribution in [1.29, 1.82) is 0 Å². The Morgan fingerprint density at radius 2 is 2.00 bits per heavy atom. The Morgan fingerprint density at radius 1 is 1.23 bits per heavy atom. The van der Waals surface area contributed by atoms with E-state index in [9.17, 15) is 9.59 Å². The van der Waals surface area contributed by atoms with E-state index in [1.165, 1.54) is 4.90 Å². The molecule has 0 aromatic heterocycles. The molecule has 0 aromatic carbocycles. The minimum absolute atomic E-state index is 0.0356. The van der Waals surface area contributed by atoms with E-state index in [1.54, 1.807) is 0 Å². The summed E-state index contributed by atoms with van der Waals surface area (Å²) in [5.74, 6) is -0.579. The maximum absolute atomic E-state index is 12.5. The van der Waals surface area contributed by atoms with Crippen LogP contribution in [0.15, 0.2) is 0 Å². The highest BCUT2D eigenvalue weighted by Gasteiger charge is 2.27. The van der Waals surface area contributed by atoms with Gasteiger partial charge in [-0.3, -0.25) is 9.59 Å². The number of nitrogens with zero attached hydrogens (tertiary/aromatic N) is 2. The van der Waals surface area contributed by atoms with Gasteiger partial charge in [-0.15, -0.1) is 0 Å². The van der Waals surface area contributed by atoms with Gasteiger partial charge in [-0.2, -0.15) is 0 Å². The topological polar surface area (TPSA) is 85.1 Å². The van der Waals surface area contributed by atoms with Gasteiger partial charge in [-0.25, -0.2) is 0 Å². The summed E-state index contributed by atoms with van der Waals surface area (Å²) >= 11 is 0. The van der Waals surface area contributed by atoms with Crippen LogP contribution in [-0.4, -0.2) is 80.3 Å². The Balaban J connectivity index is 1.89. The van der Waals surface area contributed by atoms with Crippen LogP contribution in [0.5, 0.6) is 0 Å². The van der Waals surface area contributed by atoms with Crippen LogP contribution < -0.4 is 5.73 Å². The maximum Gasteiger partial charge on any atom is 0.237 e. The monoisotopic (exact) mass is 313 g/mol. The van der Waals surface area contributed by atoms with Gasteiger partial charge in [-0.05, 0) is 26.3 Å². The quantitative estimate of drug-likeness (QED) is 0.720. The lowest BCUT2D eigenvalue weighted by atomic mass is 10.1. The van der Waals surface area contributed by atoms with Crippen molar-refractivity contribution in [1.82, 2.24) is 9.80 Å². The van der Waals surface area contributed by atoms with E-state index in [-0.39, 0.29) is 24.7 Å². The standard InChI is InChI=1S/C15H27N3O4/c1-17-5-7-22-13(9-17)10-18(11-14(16)19)15(20)8-12-4-2-3-6-21-12/h12-13H,2-11H2,1H3,(H2,16,19)/t12-,13+/m1/s1. The zero-order chi connectivity index (χ0) is 15.9. The fourth-order valence-corrected chi connectivity index (χ4v) is 2.96. The highest BCUT2D eigenvalue weighted by Crippen LogP contribution is 2.17. The number of hydrogen-bond donors (Lipinski definition) is 1. The molecule has 2 amide bonds. The van der Waals surface area contributed by atoms with Gasteiger partial charge in [0.2, 0.25) is 11.8 Å². The molecule has 2 N–H and O–H groups in total. The number of ether oxygens (including phenoxy) is 2. The lowest BCUT2D eigenvalue weighted by Gasteiger charge is -2.34. The van der Waals surface area contributed by atoms with Crippen molar-refractivity contribution in [3.8, 4) is 0 Å². The Hall–Kier alpha value is -1.18. The van der Waals surface area contributed by atoms with Crippen molar-refractivity contribution in [3.63, 3.8) is 0 Å². The molecule has 2 rings (SSSR count). The van der Waals surface area contributed by atoms with Crippen LogP contribution in [0.2, 0.25) is 0 Å². The third kappa shape index (κ3) is 5.55. The lowest BCUT2D eigenvalue weighted by molar-refractivity contribution is -0.141. The predicted molar refractivity (Wildman–Crippen MR) is 81.2 cm³/mol. The van der Waals surface area contributed by atoms with Crippen LogP contribution in [0.25, 0.3) is 0 Å². The fourth-order valence-electron chi connectivity index (χ4n) is 2.96. The first-order valence-corrected chi connectivity index (χ1v) is 8.02. The second-order valence-corrected chi connectivity index (χ2v) is 6.19. The first-order valence-electron chi connectivity index (χ1n) is 8.02. The molecule has 7 nitrogen and oxygen atoms in total. The van der Waals surface area contributed by atoms with E-state index in [1.807, 2.05) is 7.05 Å². The van der Waals surface area contributed by atoms with Crippen molar-refractivity contribution in [2.45, 2.75) is 37.9 Å². The van der Waals surface area contributed by atoms with Gasteiger partial charge in [0.15, 0.2) is 0 Å². The average molecular weight is 313 g/mol. The van der Waals surface area contributed by atoms with Gasteiger partial charge in [-0.1, -0.05) is 0 Å². The van der Waals surface area contributed by atoms with E-state index in [2.05, 4.69) is 4.90 Å². The summed E-state index contributed by atoms with van der Waals surface area (Å²) in [4.78, 5) is 27.4. The Bertz CT molecular complexity index is 385. The second kappa shape index (κ2) is 8.45. The molecule has 2 fully saturated rings. The largest absolute Gasteiger partial charge is 0.378 e. The minimum atomic E-state index is -0.498. The summed E-state index contributed by atoms with van der Waals surface area (Å²) in [6, 6.07) is 0. The molecule has 126 valence electrons. The number of amides is 2. The summed E-state index contributed by atoms with van der Waals surface area (Å²) in [7, 11) is 2.02. The molecule has 0 aromatic rings. The zero-order valence-corrected chi connectivity index (χ0v) is 13.3. The fraction of sp³-hybridized carbons (Fsp3) is 0.867. The van der Waals surface area contributed by atoms with Crippen molar-refractivity contribution >= 4 is 11.8 Å². The van der Waals surface area contributed by atoms with E-state index in [0.29, 0.717) is 26.2 Å². The normalized spacial score (nSPS) is 26.6. The summed E-state index contributed by atoms with van der Waals surface area (Å²) in [6.07, 6.45) is 3.25. The molecule has 0 aliphatic carbocycles. The molecule has 2 atom stereocenters. The van der Waals surface area contributed by atoms with E-state index in [0.717, 1.165) is 32.4 Å².